The predicted molar refractivity (Wildman–Crippen MR) is 92.9 cm³/mol. The second kappa shape index (κ2) is 6.93. The summed E-state index contributed by atoms with van der Waals surface area (Å²) in [7, 11) is 1.73. The number of hydrogen-bond donors (Lipinski definition) is 2. The smallest absolute Gasteiger partial charge is 0.198 e. The Morgan fingerprint density at radius 3 is 2.52 bits per heavy atom. The van der Waals surface area contributed by atoms with Crippen LogP contribution in [0.3, 0.4) is 0 Å². The van der Waals surface area contributed by atoms with Crippen LogP contribution >= 0.6 is 0 Å². The maximum absolute atomic E-state index is 10.6. The SMILES string of the molecule is CO[C@@]12CC[C@H](O)[C@@H](/C=C/[C@@H](O)C3CCCCC3)[C@@H]1CC21OCCO1. The molecule has 5 nitrogen and oxygen atoms in total. The number of hydrogen-bond acceptors (Lipinski definition) is 5. The minimum absolute atomic E-state index is 0.00892. The van der Waals surface area contributed by atoms with Crippen molar-refractivity contribution in [3.63, 3.8) is 0 Å². The van der Waals surface area contributed by atoms with E-state index in [1.165, 1.54) is 19.3 Å². The molecule has 0 unspecified atom stereocenters. The zero-order valence-electron chi connectivity index (χ0n) is 15.2. The fourth-order valence-electron chi connectivity index (χ4n) is 5.79. The predicted octanol–water partition coefficient (Wildman–Crippen LogP) is 2.40. The second-order valence-corrected chi connectivity index (χ2v) is 8.31. The molecular weight excluding hydrogens is 320 g/mol. The van der Waals surface area contributed by atoms with E-state index in [0.717, 1.165) is 25.7 Å². The van der Waals surface area contributed by atoms with Crippen molar-refractivity contribution in [2.45, 2.75) is 75.0 Å². The van der Waals surface area contributed by atoms with Gasteiger partial charge in [0.2, 0.25) is 0 Å². The Kier molecular flexibility index (Phi) is 4.97. The molecule has 5 atom stereocenters. The van der Waals surface area contributed by atoms with Crippen LogP contribution in [0.1, 0.15) is 51.4 Å². The molecule has 0 aromatic heterocycles. The second-order valence-electron chi connectivity index (χ2n) is 8.31. The molecule has 3 aliphatic carbocycles. The summed E-state index contributed by atoms with van der Waals surface area (Å²) < 4.78 is 17.8. The molecule has 0 amide bonds. The molecule has 1 aliphatic heterocycles. The van der Waals surface area contributed by atoms with E-state index in [1.54, 1.807) is 7.11 Å². The molecule has 4 fully saturated rings. The molecule has 0 aromatic carbocycles. The van der Waals surface area contributed by atoms with Crippen molar-refractivity contribution in [1.29, 1.82) is 0 Å². The molecule has 0 aromatic rings. The highest BCUT2D eigenvalue weighted by Crippen LogP contribution is 2.62. The summed E-state index contributed by atoms with van der Waals surface area (Å²) in [4.78, 5) is 0. The Labute approximate surface area is 150 Å². The zero-order chi connectivity index (χ0) is 17.5. The summed E-state index contributed by atoms with van der Waals surface area (Å²) in [6.45, 7) is 1.22. The highest BCUT2D eigenvalue weighted by molar-refractivity contribution is 5.21. The molecule has 2 N–H and O–H groups in total. The Hall–Kier alpha value is -0.460. The van der Waals surface area contributed by atoms with Gasteiger partial charge in [-0.2, -0.15) is 0 Å². The highest BCUT2D eigenvalue weighted by atomic mass is 16.8. The molecule has 1 heterocycles. The van der Waals surface area contributed by atoms with Gasteiger partial charge in [0.1, 0.15) is 5.60 Å². The van der Waals surface area contributed by atoms with Crippen molar-refractivity contribution >= 4 is 0 Å². The molecule has 0 radical (unpaired) electrons. The molecule has 4 rings (SSSR count). The van der Waals surface area contributed by atoms with E-state index in [2.05, 4.69) is 0 Å². The third kappa shape index (κ3) is 2.79. The molecule has 1 spiro atoms. The van der Waals surface area contributed by atoms with Crippen LogP contribution in [-0.4, -0.2) is 54.1 Å². The van der Waals surface area contributed by atoms with Crippen LogP contribution < -0.4 is 0 Å². The summed E-state index contributed by atoms with van der Waals surface area (Å²) in [5.74, 6) is -0.0904. The fraction of sp³-hybridized carbons (Fsp3) is 0.900. The van der Waals surface area contributed by atoms with Gasteiger partial charge >= 0.3 is 0 Å². The number of rotatable bonds is 4. The van der Waals surface area contributed by atoms with Crippen LogP contribution in [0.2, 0.25) is 0 Å². The van der Waals surface area contributed by atoms with Crippen LogP contribution in [0.5, 0.6) is 0 Å². The van der Waals surface area contributed by atoms with E-state index in [4.69, 9.17) is 14.2 Å². The summed E-state index contributed by atoms with van der Waals surface area (Å²) in [6, 6.07) is 0. The lowest BCUT2D eigenvalue weighted by Gasteiger charge is -2.64. The molecule has 1 saturated heterocycles. The third-order valence-corrected chi connectivity index (χ3v) is 7.23. The lowest BCUT2D eigenvalue weighted by Crippen LogP contribution is -2.74. The first-order valence-electron chi connectivity index (χ1n) is 9.99. The quantitative estimate of drug-likeness (QED) is 0.761. The number of aliphatic hydroxyl groups excluding tert-OH is 2. The van der Waals surface area contributed by atoms with E-state index in [1.807, 2.05) is 12.2 Å². The van der Waals surface area contributed by atoms with Gasteiger partial charge in [-0.15, -0.1) is 0 Å². The van der Waals surface area contributed by atoms with Crippen LogP contribution in [-0.2, 0) is 14.2 Å². The Morgan fingerprint density at radius 2 is 1.84 bits per heavy atom. The Morgan fingerprint density at radius 1 is 1.12 bits per heavy atom. The first-order valence-corrected chi connectivity index (χ1v) is 9.99. The molecule has 5 heteroatoms. The van der Waals surface area contributed by atoms with Crippen molar-refractivity contribution in [3.8, 4) is 0 Å². The third-order valence-electron chi connectivity index (χ3n) is 7.23. The monoisotopic (exact) mass is 352 g/mol. The van der Waals surface area contributed by atoms with Crippen molar-refractivity contribution in [3.05, 3.63) is 12.2 Å². The molecule has 142 valence electrons. The molecular formula is C20H32O5. The Bertz CT molecular complexity index is 494. The molecule has 3 saturated carbocycles. The standard InChI is InChI=1S/C20H32O5/c1-23-19-10-9-18(22)15(16(19)13-20(19)24-11-12-25-20)7-8-17(21)14-5-3-2-4-6-14/h7-8,14-18,21-22H,2-6,9-13H2,1H3/b8-7+/t15-,16-,17+,18-,19-/m0/s1. The van der Waals surface area contributed by atoms with Gasteiger partial charge in [-0.25, -0.2) is 0 Å². The fourth-order valence-corrected chi connectivity index (χ4v) is 5.79. The summed E-state index contributed by atoms with van der Waals surface area (Å²) in [6.07, 6.45) is 11.3. The summed E-state index contributed by atoms with van der Waals surface area (Å²) in [5.41, 5.74) is -0.465. The van der Waals surface area contributed by atoms with Crippen LogP contribution in [0.15, 0.2) is 12.2 Å². The lowest BCUT2D eigenvalue weighted by molar-refractivity contribution is -0.382. The average Bonchev–Trinajstić information content (AvgIpc) is 3.14. The molecule has 4 aliphatic rings. The van der Waals surface area contributed by atoms with E-state index in [-0.39, 0.29) is 17.9 Å². The minimum Gasteiger partial charge on any atom is -0.393 e. The van der Waals surface area contributed by atoms with Crippen LogP contribution in [0.25, 0.3) is 0 Å². The zero-order valence-corrected chi connectivity index (χ0v) is 15.2. The molecule has 0 bridgehead atoms. The Balaban J connectivity index is 1.48. The number of fused-ring (bicyclic) bond motifs is 2. The summed E-state index contributed by atoms with van der Waals surface area (Å²) >= 11 is 0. The maximum Gasteiger partial charge on any atom is 0.198 e. The first-order chi connectivity index (χ1) is 12.1. The average molecular weight is 352 g/mol. The van der Waals surface area contributed by atoms with E-state index >= 15 is 0 Å². The normalized spacial score (nSPS) is 42.4. The van der Waals surface area contributed by atoms with E-state index in [9.17, 15) is 10.2 Å². The van der Waals surface area contributed by atoms with Gasteiger partial charge in [0.15, 0.2) is 5.79 Å². The first kappa shape index (κ1) is 17.9. The van der Waals surface area contributed by atoms with Gasteiger partial charge < -0.3 is 24.4 Å². The van der Waals surface area contributed by atoms with Crippen molar-refractivity contribution in [2.24, 2.45) is 17.8 Å². The van der Waals surface area contributed by atoms with Crippen LogP contribution in [0, 0.1) is 17.8 Å². The van der Waals surface area contributed by atoms with Gasteiger partial charge in [-0.05, 0) is 31.6 Å². The van der Waals surface area contributed by atoms with Gasteiger partial charge in [0, 0.05) is 25.4 Å². The highest BCUT2D eigenvalue weighted by Gasteiger charge is 2.73. The van der Waals surface area contributed by atoms with Crippen LogP contribution in [0.4, 0.5) is 0 Å². The topological polar surface area (TPSA) is 68.2 Å². The maximum atomic E-state index is 10.6. The van der Waals surface area contributed by atoms with E-state index in [0.29, 0.717) is 25.6 Å². The number of methoxy groups -OCH3 is 1. The number of ether oxygens (including phenoxy) is 3. The largest absolute Gasteiger partial charge is 0.393 e. The van der Waals surface area contributed by atoms with E-state index < -0.39 is 17.5 Å². The van der Waals surface area contributed by atoms with Crippen molar-refractivity contribution in [1.82, 2.24) is 0 Å². The van der Waals surface area contributed by atoms with Gasteiger partial charge in [-0.1, -0.05) is 31.4 Å². The lowest BCUT2D eigenvalue weighted by atomic mass is 9.52. The van der Waals surface area contributed by atoms with Gasteiger partial charge in [-0.3, -0.25) is 0 Å². The van der Waals surface area contributed by atoms with Gasteiger partial charge in [0.05, 0.1) is 25.4 Å². The summed E-state index contributed by atoms with van der Waals surface area (Å²) in [5, 5.41) is 21.1. The van der Waals surface area contributed by atoms with Crippen molar-refractivity contribution in [2.75, 3.05) is 20.3 Å². The number of aliphatic hydroxyl groups is 2. The van der Waals surface area contributed by atoms with Crippen molar-refractivity contribution < 1.29 is 24.4 Å². The van der Waals surface area contributed by atoms with Gasteiger partial charge in [0.25, 0.3) is 0 Å². The molecule has 25 heavy (non-hydrogen) atoms. The minimum atomic E-state index is -0.624.